The van der Waals surface area contributed by atoms with Crippen LogP contribution in [0.3, 0.4) is 0 Å². The smallest absolute Gasteiger partial charge is 0.0278 e. The summed E-state index contributed by atoms with van der Waals surface area (Å²) in [5.41, 5.74) is 1.70. The molecule has 114 valence electrons. The highest BCUT2D eigenvalue weighted by molar-refractivity contribution is 7.12. The van der Waals surface area contributed by atoms with Crippen LogP contribution < -0.4 is 5.32 Å². The van der Waals surface area contributed by atoms with Crippen molar-refractivity contribution >= 4 is 11.3 Å². The lowest BCUT2D eigenvalue weighted by Gasteiger charge is -2.43. The van der Waals surface area contributed by atoms with E-state index in [2.05, 4.69) is 55.9 Å². The van der Waals surface area contributed by atoms with Crippen molar-refractivity contribution in [2.75, 3.05) is 39.8 Å². The third-order valence-corrected chi connectivity index (χ3v) is 5.38. The van der Waals surface area contributed by atoms with Crippen LogP contribution in [0.25, 0.3) is 0 Å². The second-order valence-electron chi connectivity index (χ2n) is 6.64. The molecule has 0 spiro atoms. The molecule has 0 amide bonds. The third kappa shape index (κ3) is 4.04. The first kappa shape index (κ1) is 16.0. The first-order valence-electron chi connectivity index (χ1n) is 7.59. The minimum Gasteiger partial charge on any atom is -0.311 e. The summed E-state index contributed by atoms with van der Waals surface area (Å²) in [6.07, 6.45) is 0. The lowest BCUT2D eigenvalue weighted by Crippen LogP contribution is -2.57. The van der Waals surface area contributed by atoms with Crippen LogP contribution in [0.2, 0.25) is 0 Å². The van der Waals surface area contributed by atoms with Crippen molar-refractivity contribution in [3.63, 3.8) is 0 Å². The predicted octanol–water partition coefficient (Wildman–Crippen LogP) is 2.48. The lowest BCUT2D eigenvalue weighted by molar-refractivity contribution is 0.0618. The summed E-state index contributed by atoms with van der Waals surface area (Å²) in [7, 11) is 2.21. The van der Waals surface area contributed by atoms with E-state index in [0.29, 0.717) is 0 Å². The van der Waals surface area contributed by atoms with Gasteiger partial charge in [-0.1, -0.05) is 0 Å². The molecule has 1 aliphatic heterocycles. The summed E-state index contributed by atoms with van der Waals surface area (Å²) in [4.78, 5) is 7.90. The fourth-order valence-electron chi connectivity index (χ4n) is 2.89. The second-order valence-corrected chi connectivity index (χ2v) is 8.11. The van der Waals surface area contributed by atoms with Crippen LogP contribution in [0, 0.1) is 13.8 Å². The van der Waals surface area contributed by atoms with Gasteiger partial charge in [0.15, 0.2) is 0 Å². The van der Waals surface area contributed by atoms with Crippen LogP contribution >= 0.6 is 11.3 Å². The number of nitrogens with one attached hydrogen (secondary N) is 1. The summed E-state index contributed by atoms with van der Waals surface area (Å²) in [6, 6.07) is 2.32. The molecule has 1 saturated heterocycles. The van der Waals surface area contributed by atoms with Crippen LogP contribution in [0.1, 0.15) is 29.2 Å². The molecule has 4 heteroatoms. The van der Waals surface area contributed by atoms with Crippen LogP contribution in [-0.4, -0.2) is 55.1 Å². The highest BCUT2D eigenvalue weighted by atomic mass is 32.1. The molecule has 0 aromatic carbocycles. The molecule has 1 fully saturated rings. The van der Waals surface area contributed by atoms with Crippen LogP contribution in [0.15, 0.2) is 6.07 Å². The Morgan fingerprint density at radius 3 is 2.40 bits per heavy atom. The Balaban J connectivity index is 1.81. The molecule has 0 bridgehead atoms. The standard InChI is InChI=1S/C16H29N3S/c1-13-10-15(14(2)20-13)11-17-12-16(3,4)19-8-6-18(5)7-9-19/h10,17H,6-9,11-12H2,1-5H3. The summed E-state index contributed by atoms with van der Waals surface area (Å²) in [5.74, 6) is 0. The zero-order valence-corrected chi connectivity index (χ0v) is 14.4. The molecule has 2 heterocycles. The molecular formula is C16H29N3S. The molecular weight excluding hydrogens is 266 g/mol. The monoisotopic (exact) mass is 295 g/mol. The number of hydrogen-bond acceptors (Lipinski definition) is 4. The van der Waals surface area contributed by atoms with Gasteiger partial charge in [-0.3, -0.25) is 4.90 Å². The van der Waals surface area contributed by atoms with Gasteiger partial charge in [0.1, 0.15) is 0 Å². The highest BCUT2D eigenvalue weighted by Crippen LogP contribution is 2.21. The van der Waals surface area contributed by atoms with Gasteiger partial charge in [-0.2, -0.15) is 0 Å². The van der Waals surface area contributed by atoms with Gasteiger partial charge in [0.2, 0.25) is 0 Å². The number of aryl methyl sites for hydroxylation is 2. The molecule has 0 unspecified atom stereocenters. The molecule has 1 aromatic heterocycles. The zero-order valence-electron chi connectivity index (χ0n) is 13.6. The largest absolute Gasteiger partial charge is 0.311 e. The topological polar surface area (TPSA) is 18.5 Å². The molecule has 2 rings (SSSR count). The lowest BCUT2D eigenvalue weighted by atomic mass is 10.0. The average molecular weight is 295 g/mol. The van der Waals surface area contributed by atoms with E-state index in [9.17, 15) is 0 Å². The Morgan fingerprint density at radius 1 is 1.20 bits per heavy atom. The van der Waals surface area contributed by atoms with Gasteiger partial charge >= 0.3 is 0 Å². The molecule has 0 radical (unpaired) electrons. The SMILES string of the molecule is Cc1cc(CNCC(C)(C)N2CCN(C)CC2)c(C)s1. The second kappa shape index (κ2) is 6.56. The molecule has 0 aliphatic carbocycles. The van der Waals surface area contributed by atoms with Crippen molar-refractivity contribution in [1.82, 2.24) is 15.1 Å². The maximum atomic E-state index is 3.66. The minimum atomic E-state index is 0.236. The van der Waals surface area contributed by atoms with Gasteiger partial charge in [-0.15, -0.1) is 11.3 Å². The number of hydrogen-bond donors (Lipinski definition) is 1. The maximum Gasteiger partial charge on any atom is 0.0278 e. The fraction of sp³-hybridized carbons (Fsp3) is 0.750. The third-order valence-electron chi connectivity index (χ3n) is 4.38. The molecule has 1 aliphatic rings. The summed E-state index contributed by atoms with van der Waals surface area (Å²) >= 11 is 1.90. The van der Waals surface area contributed by atoms with Gasteiger partial charge in [0.25, 0.3) is 0 Å². The van der Waals surface area contributed by atoms with Crippen molar-refractivity contribution in [3.8, 4) is 0 Å². The zero-order chi connectivity index (χ0) is 14.8. The maximum absolute atomic E-state index is 3.66. The van der Waals surface area contributed by atoms with E-state index >= 15 is 0 Å². The number of piperazine rings is 1. The van der Waals surface area contributed by atoms with Gasteiger partial charge < -0.3 is 10.2 Å². The van der Waals surface area contributed by atoms with Crippen LogP contribution in [-0.2, 0) is 6.54 Å². The fourth-order valence-corrected chi connectivity index (χ4v) is 3.83. The number of thiophene rings is 1. The van der Waals surface area contributed by atoms with E-state index in [0.717, 1.165) is 13.1 Å². The Morgan fingerprint density at radius 2 is 1.85 bits per heavy atom. The first-order valence-corrected chi connectivity index (χ1v) is 8.40. The van der Waals surface area contributed by atoms with Gasteiger partial charge in [0, 0.05) is 54.6 Å². The normalized spacial score (nSPS) is 18.6. The minimum absolute atomic E-state index is 0.236. The number of nitrogens with zero attached hydrogens (tertiary/aromatic N) is 2. The Kier molecular flexibility index (Phi) is 5.24. The number of rotatable bonds is 5. The van der Waals surface area contributed by atoms with E-state index in [1.165, 1.54) is 41.5 Å². The Labute approximate surface area is 128 Å². The van der Waals surface area contributed by atoms with Gasteiger partial charge in [-0.05, 0) is 46.4 Å². The van der Waals surface area contributed by atoms with E-state index in [-0.39, 0.29) is 5.54 Å². The van der Waals surface area contributed by atoms with Crippen molar-refractivity contribution in [1.29, 1.82) is 0 Å². The molecule has 1 aromatic rings. The van der Waals surface area contributed by atoms with Crippen molar-refractivity contribution in [2.45, 2.75) is 39.8 Å². The van der Waals surface area contributed by atoms with E-state index in [4.69, 9.17) is 0 Å². The van der Waals surface area contributed by atoms with Gasteiger partial charge in [-0.25, -0.2) is 0 Å². The van der Waals surface area contributed by atoms with E-state index < -0.39 is 0 Å². The Hall–Kier alpha value is -0.420. The first-order chi connectivity index (χ1) is 9.38. The quantitative estimate of drug-likeness (QED) is 0.900. The van der Waals surface area contributed by atoms with Crippen molar-refractivity contribution in [3.05, 3.63) is 21.4 Å². The summed E-state index contributed by atoms with van der Waals surface area (Å²) < 4.78 is 0. The van der Waals surface area contributed by atoms with E-state index in [1.54, 1.807) is 0 Å². The summed E-state index contributed by atoms with van der Waals surface area (Å²) in [5, 5.41) is 3.66. The van der Waals surface area contributed by atoms with Crippen molar-refractivity contribution in [2.24, 2.45) is 0 Å². The number of likely N-dealkylation sites (N-methyl/N-ethyl adjacent to an activating group) is 1. The molecule has 0 saturated carbocycles. The molecule has 1 N–H and O–H groups in total. The summed E-state index contributed by atoms with van der Waals surface area (Å²) in [6.45, 7) is 15.9. The average Bonchev–Trinajstić information content (AvgIpc) is 2.68. The molecule has 20 heavy (non-hydrogen) atoms. The molecule has 3 nitrogen and oxygen atoms in total. The van der Waals surface area contributed by atoms with Gasteiger partial charge in [0.05, 0.1) is 0 Å². The van der Waals surface area contributed by atoms with Crippen LogP contribution in [0.5, 0.6) is 0 Å². The predicted molar refractivity (Wildman–Crippen MR) is 88.6 cm³/mol. The highest BCUT2D eigenvalue weighted by Gasteiger charge is 2.28. The molecule has 0 atom stereocenters. The Bertz CT molecular complexity index is 431. The van der Waals surface area contributed by atoms with Crippen LogP contribution in [0.4, 0.5) is 0 Å². The van der Waals surface area contributed by atoms with Crippen molar-refractivity contribution < 1.29 is 0 Å². The van der Waals surface area contributed by atoms with E-state index in [1.807, 2.05) is 11.3 Å².